The lowest BCUT2D eigenvalue weighted by Crippen LogP contribution is -2.14. The molecule has 0 heterocycles. The quantitative estimate of drug-likeness (QED) is 0.518. The molecule has 3 rings (SSSR count). The van der Waals surface area contributed by atoms with Gasteiger partial charge in [0.05, 0.1) is 21.2 Å². The highest BCUT2D eigenvalue weighted by molar-refractivity contribution is 7.92. The molecule has 28 heavy (non-hydrogen) atoms. The fourth-order valence-corrected chi connectivity index (χ4v) is 4.09. The highest BCUT2D eigenvalue weighted by Crippen LogP contribution is 2.23. The number of hydrogen-bond donors (Lipinski definition) is 2. The number of benzene rings is 3. The van der Waals surface area contributed by atoms with E-state index in [4.69, 9.17) is 34.8 Å². The summed E-state index contributed by atoms with van der Waals surface area (Å²) >= 11 is 17.7. The van der Waals surface area contributed by atoms with Crippen molar-refractivity contribution in [3.8, 4) is 0 Å². The van der Waals surface area contributed by atoms with Crippen molar-refractivity contribution < 1.29 is 13.2 Å². The first kappa shape index (κ1) is 20.5. The zero-order valence-corrected chi connectivity index (χ0v) is 17.2. The SMILES string of the molecule is O=C(Nc1ccc(S(=O)(=O)Nc2cccc(Cl)c2)cc1)c1ccc(Cl)cc1Cl. The van der Waals surface area contributed by atoms with Crippen molar-refractivity contribution in [3.63, 3.8) is 0 Å². The second-order valence-corrected chi connectivity index (χ2v) is 8.68. The van der Waals surface area contributed by atoms with Crippen LogP contribution in [0.3, 0.4) is 0 Å². The Bertz CT molecular complexity index is 1130. The van der Waals surface area contributed by atoms with Crippen molar-refractivity contribution in [2.24, 2.45) is 0 Å². The van der Waals surface area contributed by atoms with Gasteiger partial charge in [-0.15, -0.1) is 0 Å². The molecule has 3 aromatic carbocycles. The molecule has 1 amide bonds. The van der Waals surface area contributed by atoms with Crippen LogP contribution < -0.4 is 10.0 Å². The normalized spacial score (nSPS) is 11.1. The minimum absolute atomic E-state index is 0.0370. The van der Waals surface area contributed by atoms with Crippen molar-refractivity contribution in [2.75, 3.05) is 10.0 Å². The molecule has 9 heteroatoms. The van der Waals surface area contributed by atoms with Crippen molar-refractivity contribution in [1.29, 1.82) is 0 Å². The van der Waals surface area contributed by atoms with Gasteiger partial charge in [-0.1, -0.05) is 40.9 Å². The third-order valence-electron chi connectivity index (χ3n) is 3.68. The van der Waals surface area contributed by atoms with Gasteiger partial charge in [0.2, 0.25) is 0 Å². The van der Waals surface area contributed by atoms with Gasteiger partial charge in [-0.2, -0.15) is 0 Å². The first-order valence-corrected chi connectivity index (χ1v) is 10.5. The molecule has 0 fully saturated rings. The molecule has 0 saturated heterocycles. The maximum Gasteiger partial charge on any atom is 0.261 e. The monoisotopic (exact) mass is 454 g/mol. The lowest BCUT2D eigenvalue weighted by Gasteiger charge is -2.10. The summed E-state index contributed by atoms with van der Waals surface area (Å²) in [6, 6.07) is 16.6. The van der Waals surface area contributed by atoms with E-state index in [0.29, 0.717) is 21.4 Å². The zero-order valence-electron chi connectivity index (χ0n) is 14.1. The highest BCUT2D eigenvalue weighted by atomic mass is 35.5. The van der Waals surface area contributed by atoms with Crippen LogP contribution in [0.25, 0.3) is 0 Å². The highest BCUT2D eigenvalue weighted by Gasteiger charge is 2.15. The van der Waals surface area contributed by atoms with Crippen LogP contribution in [-0.4, -0.2) is 14.3 Å². The van der Waals surface area contributed by atoms with E-state index in [0.717, 1.165) is 0 Å². The Morgan fingerprint density at radius 3 is 2.11 bits per heavy atom. The first-order chi connectivity index (χ1) is 13.2. The molecule has 0 aliphatic carbocycles. The van der Waals surface area contributed by atoms with E-state index in [9.17, 15) is 13.2 Å². The van der Waals surface area contributed by atoms with Crippen molar-refractivity contribution in [3.05, 3.63) is 87.4 Å². The summed E-state index contributed by atoms with van der Waals surface area (Å²) in [5, 5.41) is 3.71. The molecule has 0 spiro atoms. The summed E-state index contributed by atoms with van der Waals surface area (Å²) in [5.74, 6) is -0.436. The van der Waals surface area contributed by atoms with Gasteiger partial charge in [-0.25, -0.2) is 8.42 Å². The van der Waals surface area contributed by atoms with E-state index in [1.807, 2.05) is 0 Å². The van der Waals surface area contributed by atoms with Gasteiger partial charge >= 0.3 is 0 Å². The van der Waals surface area contributed by atoms with E-state index in [1.54, 1.807) is 24.3 Å². The Labute approximate surface area is 177 Å². The zero-order chi connectivity index (χ0) is 20.3. The van der Waals surface area contributed by atoms with Gasteiger partial charge in [-0.05, 0) is 60.7 Å². The number of sulfonamides is 1. The number of amides is 1. The molecular formula is C19H13Cl3N2O3S. The average molecular weight is 456 g/mol. The predicted molar refractivity (Wildman–Crippen MR) is 113 cm³/mol. The van der Waals surface area contributed by atoms with Crippen LogP contribution in [0.4, 0.5) is 11.4 Å². The maximum absolute atomic E-state index is 12.5. The Morgan fingerprint density at radius 1 is 0.786 bits per heavy atom. The fraction of sp³-hybridized carbons (Fsp3) is 0. The lowest BCUT2D eigenvalue weighted by atomic mass is 10.2. The third-order valence-corrected chi connectivity index (χ3v) is 5.86. The summed E-state index contributed by atoms with van der Waals surface area (Å²) in [5.41, 5.74) is 1.02. The summed E-state index contributed by atoms with van der Waals surface area (Å²) in [7, 11) is -3.80. The molecule has 3 aromatic rings. The molecule has 0 aliphatic rings. The largest absolute Gasteiger partial charge is 0.322 e. The van der Waals surface area contributed by atoms with Crippen molar-refractivity contribution in [2.45, 2.75) is 4.90 Å². The van der Waals surface area contributed by atoms with Crippen LogP contribution in [0.1, 0.15) is 10.4 Å². The second kappa shape index (κ2) is 8.41. The Balaban J connectivity index is 1.74. The number of nitrogens with one attached hydrogen (secondary N) is 2. The number of carbonyl (C=O) groups is 1. The minimum Gasteiger partial charge on any atom is -0.322 e. The third kappa shape index (κ3) is 4.97. The molecule has 0 unspecified atom stereocenters. The molecule has 0 bridgehead atoms. The summed E-state index contributed by atoms with van der Waals surface area (Å²) in [6.07, 6.45) is 0. The molecular weight excluding hydrogens is 443 g/mol. The van der Waals surface area contributed by atoms with Gasteiger partial charge in [0.15, 0.2) is 0 Å². The standard InChI is InChI=1S/C19H13Cl3N2O3S/c20-12-2-1-3-15(10-12)24-28(26,27)16-7-5-14(6-8-16)23-19(25)17-9-4-13(21)11-18(17)22/h1-11,24H,(H,23,25). The van der Waals surface area contributed by atoms with E-state index < -0.39 is 15.9 Å². The number of hydrogen-bond acceptors (Lipinski definition) is 3. The molecule has 0 aromatic heterocycles. The molecule has 5 nitrogen and oxygen atoms in total. The van der Waals surface area contributed by atoms with Crippen LogP contribution in [0, 0.1) is 0 Å². The Morgan fingerprint density at radius 2 is 1.46 bits per heavy atom. The number of carbonyl (C=O) groups excluding carboxylic acids is 1. The van der Waals surface area contributed by atoms with Gasteiger partial charge < -0.3 is 5.32 Å². The van der Waals surface area contributed by atoms with E-state index >= 15 is 0 Å². The lowest BCUT2D eigenvalue weighted by molar-refractivity contribution is 0.102. The van der Waals surface area contributed by atoms with E-state index in [1.165, 1.54) is 42.5 Å². The molecule has 0 radical (unpaired) electrons. The number of halogens is 3. The predicted octanol–water partition coefficient (Wildman–Crippen LogP) is 5.70. The average Bonchev–Trinajstić information content (AvgIpc) is 2.61. The molecule has 0 aliphatic heterocycles. The molecule has 0 saturated carbocycles. The van der Waals surface area contributed by atoms with E-state index in [2.05, 4.69) is 10.0 Å². The summed E-state index contributed by atoms with van der Waals surface area (Å²) < 4.78 is 27.4. The molecule has 144 valence electrons. The number of anilines is 2. The minimum atomic E-state index is -3.80. The van der Waals surface area contributed by atoms with Crippen LogP contribution in [0.15, 0.2) is 71.6 Å². The van der Waals surface area contributed by atoms with Crippen molar-refractivity contribution in [1.82, 2.24) is 0 Å². The topological polar surface area (TPSA) is 75.3 Å². The summed E-state index contributed by atoms with van der Waals surface area (Å²) in [4.78, 5) is 12.4. The fourth-order valence-electron chi connectivity index (χ4n) is 2.36. The van der Waals surface area contributed by atoms with Gasteiger partial charge in [-0.3, -0.25) is 9.52 Å². The molecule has 0 atom stereocenters. The van der Waals surface area contributed by atoms with Crippen LogP contribution >= 0.6 is 34.8 Å². The summed E-state index contributed by atoms with van der Waals surface area (Å²) in [6.45, 7) is 0. The van der Waals surface area contributed by atoms with E-state index in [-0.39, 0.29) is 15.5 Å². The second-order valence-electron chi connectivity index (χ2n) is 5.72. The Kier molecular flexibility index (Phi) is 6.15. The van der Waals surface area contributed by atoms with Crippen molar-refractivity contribution >= 4 is 62.1 Å². The maximum atomic E-state index is 12.5. The van der Waals surface area contributed by atoms with Crippen LogP contribution in [0.2, 0.25) is 15.1 Å². The van der Waals surface area contributed by atoms with Gasteiger partial charge in [0.1, 0.15) is 0 Å². The number of rotatable bonds is 5. The molecule has 2 N–H and O–H groups in total. The smallest absolute Gasteiger partial charge is 0.261 e. The van der Waals surface area contributed by atoms with Gasteiger partial charge in [0.25, 0.3) is 15.9 Å². The first-order valence-electron chi connectivity index (χ1n) is 7.89. The van der Waals surface area contributed by atoms with Crippen LogP contribution in [-0.2, 0) is 10.0 Å². The Hall–Kier alpha value is -2.25. The van der Waals surface area contributed by atoms with Gasteiger partial charge in [0, 0.05) is 15.7 Å². The van der Waals surface area contributed by atoms with Crippen LogP contribution in [0.5, 0.6) is 0 Å².